The van der Waals surface area contributed by atoms with E-state index >= 15 is 0 Å². The van der Waals surface area contributed by atoms with Crippen molar-refractivity contribution in [1.82, 2.24) is 0 Å². The molecule has 0 spiro atoms. The highest BCUT2D eigenvalue weighted by Crippen LogP contribution is 2.19. The van der Waals surface area contributed by atoms with E-state index in [1.54, 1.807) is 12.1 Å². The van der Waals surface area contributed by atoms with Crippen LogP contribution >= 0.6 is 15.9 Å². The van der Waals surface area contributed by atoms with Gasteiger partial charge in [-0.3, -0.25) is 4.79 Å². The number of nitrogens with two attached hydrogens (primary N) is 1. The van der Waals surface area contributed by atoms with E-state index in [9.17, 15) is 9.18 Å². The highest BCUT2D eigenvalue weighted by Gasteiger charge is 2.16. The first-order valence-electron chi connectivity index (χ1n) is 6.58. The normalized spacial score (nSPS) is 12.7. The highest BCUT2D eigenvalue weighted by atomic mass is 79.9. The standard InChI is InChI=1S/C15H21BrFNO/c1-10(2)5-11(9-18)6-14(19)8-12-7-13(16)3-4-15(12)17/h3-4,7,10-11H,5-6,8-9,18H2,1-2H3. The molecule has 0 aliphatic heterocycles. The van der Waals surface area contributed by atoms with Gasteiger partial charge in [-0.2, -0.15) is 0 Å². The van der Waals surface area contributed by atoms with Crippen molar-refractivity contribution in [2.75, 3.05) is 6.54 Å². The first-order valence-corrected chi connectivity index (χ1v) is 7.37. The summed E-state index contributed by atoms with van der Waals surface area (Å²) in [6.45, 7) is 4.73. The van der Waals surface area contributed by atoms with Crippen LogP contribution in [0.15, 0.2) is 22.7 Å². The number of carbonyl (C=O) groups excluding carboxylic acids is 1. The zero-order valence-electron chi connectivity index (χ0n) is 11.5. The minimum Gasteiger partial charge on any atom is -0.330 e. The van der Waals surface area contributed by atoms with E-state index in [0.29, 0.717) is 24.4 Å². The van der Waals surface area contributed by atoms with Crippen LogP contribution in [0.25, 0.3) is 0 Å². The Balaban J connectivity index is 2.61. The minimum absolute atomic E-state index is 0.0492. The van der Waals surface area contributed by atoms with Gasteiger partial charge in [0.1, 0.15) is 11.6 Å². The number of ketones is 1. The number of benzene rings is 1. The third kappa shape index (κ3) is 5.83. The van der Waals surface area contributed by atoms with Crippen LogP contribution in [0, 0.1) is 17.7 Å². The molecule has 2 nitrogen and oxygen atoms in total. The van der Waals surface area contributed by atoms with Crippen LogP contribution in [0.5, 0.6) is 0 Å². The molecule has 1 atom stereocenters. The van der Waals surface area contributed by atoms with Gasteiger partial charge in [-0.05, 0) is 48.6 Å². The summed E-state index contributed by atoms with van der Waals surface area (Å²) in [4.78, 5) is 12.0. The first kappa shape index (κ1) is 16.3. The second-order valence-electron chi connectivity index (χ2n) is 5.39. The van der Waals surface area contributed by atoms with Crippen LogP contribution in [-0.2, 0) is 11.2 Å². The van der Waals surface area contributed by atoms with Crippen molar-refractivity contribution < 1.29 is 9.18 Å². The lowest BCUT2D eigenvalue weighted by molar-refractivity contribution is -0.119. The van der Waals surface area contributed by atoms with E-state index in [-0.39, 0.29) is 23.9 Å². The Hall–Kier alpha value is -0.740. The fraction of sp³-hybridized carbons (Fsp3) is 0.533. The quantitative estimate of drug-likeness (QED) is 0.828. The predicted molar refractivity (Wildman–Crippen MR) is 79.4 cm³/mol. The Kier molecular flexibility index (Phi) is 6.66. The van der Waals surface area contributed by atoms with E-state index in [0.717, 1.165) is 10.9 Å². The average molecular weight is 330 g/mol. The SMILES string of the molecule is CC(C)CC(CN)CC(=O)Cc1cc(Br)ccc1F. The van der Waals surface area contributed by atoms with Crippen molar-refractivity contribution in [2.45, 2.75) is 33.1 Å². The molecule has 0 heterocycles. The fourth-order valence-corrected chi connectivity index (χ4v) is 2.62. The Morgan fingerprint density at radius 1 is 1.42 bits per heavy atom. The third-order valence-corrected chi connectivity index (χ3v) is 3.54. The van der Waals surface area contributed by atoms with Gasteiger partial charge >= 0.3 is 0 Å². The summed E-state index contributed by atoms with van der Waals surface area (Å²) in [6, 6.07) is 4.67. The molecule has 2 N–H and O–H groups in total. The van der Waals surface area contributed by atoms with E-state index in [1.807, 2.05) is 0 Å². The summed E-state index contributed by atoms with van der Waals surface area (Å²) in [6.07, 6.45) is 1.50. The van der Waals surface area contributed by atoms with Gasteiger partial charge in [0.05, 0.1) is 0 Å². The highest BCUT2D eigenvalue weighted by molar-refractivity contribution is 9.10. The molecule has 4 heteroatoms. The van der Waals surface area contributed by atoms with Crippen LogP contribution < -0.4 is 5.73 Å². The first-order chi connectivity index (χ1) is 8.92. The molecule has 1 aromatic rings. The number of hydrogen-bond donors (Lipinski definition) is 1. The lowest BCUT2D eigenvalue weighted by Gasteiger charge is -2.16. The maximum Gasteiger partial charge on any atom is 0.137 e. The summed E-state index contributed by atoms with van der Waals surface area (Å²) in [5.74, 6) is 0.435. The molecule has 1 aromatic carbocycles. The number of hydrogen-bond acceptors (Lipinski definition) is 2. The van der Waals surface area contributed by atoms with Crippen LogP contribution in [0.2, 0.25) is 0 Å². The zero-order chi connectivity index (χ0) is 14.4. The molecule has 0 saturated heterocycles. The summed E-state index contributed by atoms with van der Waals surface area (Å²) in [7, 11) is 0. The molecular formula is C15H21BrFNO. The van der Waals surface area contributed by atoms with Crippen LogP contribution in [0.3, 0.4) is 0 Å². The van der Waals surface area contributed by atoms with E-state index in [1.165, 1.54) is 6.07 Å². The van der Waals surface area contributed by atoms with Crippen LogP contribution in [0.1, 0.15) is 32.3 Å². The minimum atomic E-state index is -0.329. The van der Waals surface area contributed by atoms with Gasteiger partial charge < -0.3 is 5.73 Å². The van der Waals surface area contributed by atoms with Gasteiger partial charge in [-0.25, -0.2) is 4.39 Å². The summed E-state index contributed by atoms with van der Waals surface area (Å²) in [5.41, 5.74) is 6.13. The van der Waals surface area contributed by atoms with Crippen LogP contribution in [0.4, 0.5) is 4.39 Å². The molecule has 0 aliphatic carbocycles. The van der Waals surface area contributed by atoms with Gasteiger partial charge in [0, 0.05) is 17.3 Å². The monoisotopic (exact) mass is 329 g/mol. The van der Waals surface area contributed by atoms with Crippen molar-refractivity contribution in [3.63, 3.8) is 0 Å². The second kappa shape index (κ2) is 7.75. The fourth-order valence-electron chi connectivity index (χ4n) is 2.21. The Morgan fingerprint density at radius 3 is 2.68 bits per heavy atom. The maximum absolute atomic E-state index is 13.6. The number of halogens is 2. The molecular weight excluding hydrogens is 309 g/mol. The lowest BCUT2D eigenvalue weighted by atomic mass is 9.91. The van der Waals surface area contributed by atoms with Crippen molar-refractivity contribution in [2.24, 2.45) is 17.6 Å². The van der Waals surface area contributed by atoms with Crippen molar-refractivity contribution >= 4 is 21.7 Å². The molecule has 0 amide bonds. The van der Waals surface area contributed by atoms with E-state index in [4.69, 9.17) is 5.73 Å². The summed E-state index contributed by atoms with van der Waals surface area (Å²) >= 11 is 3.29. The van der Waals surface area contributed by atoms with Crippen molar-refractivity contribution in [3.8, 4) is 0 Å². The molecule has 19 heavy (non-hydrogen) atoms. The molecule has 1 rings (SSSR count). The van der Waals surface area contributed by atoms with Gasteiger partial charge in [-0.15, -0.1) is 0 Å². The van der Waals surface area contributed by atoms with Gasteiger partial charge in [0.2, 0.25) is 0 Å². The van der Waals surface area contributed by atoms with Gasteiger partial charge in [0.15, 0.2) is 0 Å². The predicted octanol–water partition coefficient (Wildman–Crippen LogP) is 3.71. The summed E-state index contributed by atoms with van der Waals surface area (Å²) < 4.78 is 14.3. The third-order valence-electron chi connectivity index (χ3n) is 3.05. The molecule has 0 bridgehead atoms. The Bertz CT molecular complexity index is 434. The van der Waals surface area contributed by atoms with Gasteiger partial charge in [-0.1, -0.05) is 29.8 Å². The largest absolute Gasteiger partial charge is 0.330 e. The Labute approximate surface area is 122 Å². The Morgan fingerprint density at radius 2 is 2.11 bits per heavy atom. The van der Waals surface area contributed by atoms with E-state index in [2.05, 4.69) is 29.8 Å². The van der Waals surface area contributed by atoms with Crippen molar-refractivity contribution in [3.05, 3.63) is 34.1 Å². The molecule has 106 valence electrons. The summed E-state index contributed by atoms with van der Waals surface area (Å²) in [5, 5.41) is 0. The zero-order valence-corrected chi connectivity index (χ0v) is 13.0. The number of rotatable bonds is 7. The molecule has 0 aliphatic rings. The molecule has 0 fully saturated rings. The molecule has 0 aromatic heterocycles. The lowest BCUT2D eigenvalue weighted by Crippen LogP contribution is -2.21. The average Bonchev–Trinajstić information content (AvgIpc) is 2.32. The van der Waals surface area contributed by atoms with Crippen LogP contribution in [-0.4, -0.2) is 12.3 Å². The topological polar surface area (TPSA) is 43.1 Å². The number of Topliss-reactive ketones (excluding diaryl/α,β-unsaturated/α-hetero) is 1. The number of carbonyl (C=O) groups is 1. The molecule has 1 unspecified atom stereocenters. The molecule has 0 saturated carbocycles. The smallest absolute Gasteiger partial charge is 0.137 e. The van der Waals surface area contributed by atoms with Crippen molar-refractivity contribution in [1.29, 1.82) is 0 Å². The second-order valence-corrected chi connectivity index (χ2v) is 6.30. The maximum atomic E-state index is 13.6. The van der Waals surface area contributed by atoms with Gasteiger partial charge in [0.25, 0.3) is 0 Å². The molecule has 0 radical (unpaired) electrons. The van der Waals surface area contributed by atoms with E-state index < -0.39 is 0 Å².